The number of nitrogens with zero attached hydrogens (tertiary/aromatic N) is 1. The maximum Gasteiger partial charge on any atom is 0.254 e. The van der Waals surface area contributed by atoms with Crippen molar-refractivity contribution in [2.75, 3.05) is 13.1 Å². The van der Waals surface area contributed by atoms with Crippen molar-refractivity contribution in [2.45, 2.75) is 45.5 Å². The predicted octanol–water partition coefficient (Wildman–Crippen LogP) is 2.21. The second kappa shape index (κ2) is 5.94. The Kier molecular flexibility index (Phi) is 4.45. The third-order valence-electron chi connectivity index (χ3n) is 3.70. The number of hydrogen-bond donors (Lipinski definition) is 1. The number of likely N-dealkylation sites (tertiary alicyclic amines) is 1. The standard InChI is InChI=1S/C16H23NO3/c1-4-16(19)10-17(11-16)15(18)14-7-5-13(6-8-14)9-20-12(2)3/h5-8,12,19H,4,9-11H2,1-3H3. The third kappa shape index (κ3) is 3.38. The van der Waals surface area contributed by atoms with Gasteiger partial charge in [-0.2, -0.15) is 0 Å². The maximum absolute atomic E-state index is 12.2. The minimum atomic E-state index is -0.680. The van der Waals surface area contributed by atoms with E-state index in [1.807, 2.05) is 45.0 Å². The molecular formula is C16H23NO3. The molecule has 1 heterocycles. The number of benzene rings is 1. The van der Waals surface area contributed by atoms with Gasteiger partial charge in [-0.05, 0) is 38.0 Å². The number of ether oxygens (including phenoxy) is 1. The van der Waals surface area contributed by atoms with Crippen LogP contribution in [0.1, 0.15) is 43.1 Å². The van der Waals surface area contributed by atoms with Gasteiger partial charge >= 0.3 is 0 Å². The van der Waals surface area contributed by atoms with Crippen LogP contribution in [0, 0.1) is 0 Å². The van der Waals surface area contributed by atoms with E-state index in [-0.39, 0.29) is 12.0 Å². The van der Waals surface area contributed by atoms with Gasteiger partial charge in [0.05, 0.1) is 31.4 Å². The van der Waals surface area contributed by atoms with Crippen molar-refractivity contribution in [3.63, 3.8) is 0 Å². The summed E-state index contributed by atoms with van der Waals surface area (Å²) in [4.78, 5) is 13.9. The molecule has 1 amide bonds. The zero-order valence-electron chi connectivity index (χ0n) is 12.4. The summed E-state index contributed by atoms with van der Waals surface area (Å²) in [6.07, 6.45) is 0.881. The molecule has 0 aromatic heterocycles. The van der Waals surface area contributed by atoms with E-state index in [0.29, 0.717) is 31.7 Å². The van der Waals surface area contributed by atoms with Gasteiger partial charge in [0.1, 0.15) is 0 Å². The first-order chi connectivity index (χ1) is 9.43. The molecule has 0 aliphatic carbocycles. The van der Waals surface area contributed by atoms with Gasteiger partial charge in [0.2, 0.25) is 0 Å². The van der Waals surface area contributed by atoms with Gasteiger partial charge in [-0.25, -0.2) is 0 Å². The van der Waals surface area contributed by atoms with Crippen LogP contribution in [0.25, 0.3) is 0 Å². The largest absolute Gasteiger partial charge is 0.386 e. The number of hydrogen-bond acceptors (Lipinski definition) is 3. The Morgan fingerprint density at radius 2 is 1.95 bits per heavy atom. The highest BCUT2D eigenvalue weighted by Gasteiger charge is 2.42. The number of rotatable bonds is 5. The molecule has 1 aliphatic heterocycles. The Bertz CT molecular complexity index is 461. The van der Waals surface area contributed by atoms with E-state index in [1.54, 1.807) is 4.90 Å². The number of amides is 1. The summed E-state index contributed by atoms with van der Waals surface area (Å²) in [7, 11) is 0. The molecule has 1 saturated heterocycles. The van der Waals surface area contributed by atoms with E-state index >= 15 is 0 Å². The van der Waals surface area contributed by atoms with Crippen molar-refractivity contribution in [1.29, 1.82) is 0 Å². The molecule has 20 heavy (non-hydrogen) atoms. The van der Waals surface area contributed by atoms with Gasteiger partial charge in [0, 0.05) is 5.56 Å². The van der Waals surface area contributed by atoms with E-state index in [1.165, 1.54) is 0 Å². The van der Waals surface area contributed by atoms with Crippen LogP contribution in [0.15, 0.2) is 24.3 Å². The Balaban J connectivity index is 1.92. The summed E-state index contributed by atoms with van der Waals surface area (Å²) in [6.45, 7) is 7.35. The molecule has 4 heteroatoms. The van der Waals surface area contributed by atoms with Gasteiger partial charge in [0.25, 0.3) is 5.91 Å². The predicted molar refractivity (Wildman–Crippen MR) is 77.5 cm³/mol. The van der Waals surface area contributed by atoms with Gasteiger partial charge in [-0.1, -0.05) is 19.1 Å². The molecule has 1 fully saturated rings. The highest BCUT2D eigenvalue weighted by Crippen LogP contribution is 2.25. The van der Waals surface area contributed by atoms with Gasteiger partial charge in [0.15, 0.2) is 0 Å². The first kappa shape index (κ1) is 15.0. The minimum Gasteiger partial charge on any atom is -0.386 e. The van der Waals surface area contributed by atoms with Crippen molar-refractivity contribution < 1.29 is 14.6 Å². The molecule has 2 rings (SSSR count). The van der Waals surface area contributed by atoms with Gasteiger partial charge < -0.3 is 14.7 Å². The molecule has 4 nitrogen and oxygen atoms in total. The molecule has 0 atom stereocenters. The first-order valence-electron chi connectivity index (χ1n) is 7.16. The van der Waals surface area contributed by atoms with Crippen LogP contribution in [0.3, 0.4) is 0 Å². The van der Waals surface area contributed by atoms with Crippen molar-refractivity contribution in [3.8, 4) is 0 Å². The quantitative estimate of drug-likeness (QED) is 0.897. The molecule has 110 valence electrons. The number of β-amino-alcohol motifs (C(OH)–C–C–N with tert-alkyl or cyclic N) is 1. The molecule has 0 saturated carbocycles. The van der Waals surface area contributed by atoms with Crippen molar-refractivity contribution >= 4 is 5.91 Å². The molecule has 1 aromatic carbocycles. The fourth-order valence-electron chi connectivity index (χ4n) is 2.22. The summed E-state index contributed by atoms with van der Waals surface area (Å²) in [6, 6.07) is 7.48. The summed E-state index contributed by atoms with van der Waals surface area (Å²) in [5.74, 6) is -0.0144. The molecule has 0 unspecified atom stereocenters. The fraction of sp³-hybridized carbons (Fsp3) is 0.562. The molecule has 1 N–H and O–H groups in total. The van der Waals surface area contributed by atoms with Crippen molar-refractivity contribution in [3.05, 3.63) is 35.4 Å². The first-order valence-corrected chi connectivity index (χ1v) is 7.16. The Morgan fingerprint density at radius 1 is 1.35 bits per heavy atom. The van der Waals surface area contributed by atoms with E-state index in [9.17, 15) is 9.90 Å². The average molecular weight is 277 g/mol. The summed E-state index contributed by atoms with van der Waals surface area (Å²) in [5.41, 5.74) is 1.04. The van der Waals surface area contributed by atoms with Crippen LogP contribution in [0.2, 0.25) is 0 Å². The lowest BCUT2D eigenvalue weighted by Crippen LogP contribution is -2.63. The monoisotopic (exact) mass is 277 g/mol. The van der Waals surface area contributed by atoms with Crippen LogP contribution in [0.5, 0.6) is 0 Å². The SMILES string of the molecule is CCC1(O)CN(C(=O)c2ccc(COC(C)C)cc2)C1. The smallest absolute Gasteiger partial charge is 0.254 e. The van der Waals surface area contributed by atoms with E-state index in [4.69, 9.17) is 4.74 Å². The van der Waals surface area contributed by atoms with E-state index < -0.39 is 5.60 Å². The van der Waals surface area contributed by atoms with Crippen LogP contribution in [-0.4, -0.2) is 40.7 Å². The van der Waals surface area contributed by atoms with Crippen LogP contribution in [-0.2, 0) is 11.3 Å². The van der Waals surface area contributed by atoms with Crippen molar-refractivity contribution in [2.24, 2.45) is 0 Å². The lowest BCUT2D eigenvalue weighted by atomic mass is 9.90. The molecule has 0 bridgehead atoms. The minimum absolute atomic E-state index is 0.0144. The Morgan fingerprint density at radius 3 is 2.45 bits per heavy atom. The van der Waals surface area contributed by atoms with Crippen LogP contribution >= 0.6 is 0 Å². The molecule has 0 radical (unpaired) electrons. The van der Waals surface area contributed by atoms with E-state index in [0.717, 1.165) is 5.56 Å². The molecule has 1 aromatic rings. The Hall–Kier alpha value is -1.39. The highest BCUT2D eigenvalue weighted by molar-refractivity contribution is 5.95. The second-order valence-electron chi connectivity index (χ2n) is 5.80. The average Bonchev–Trinajstić information content (AvgIpc) is 2.41. The third-order valence-corrected chi connectivity index (χ3v) is 3.70. The zero-order chi connectivity index (χ0) is 14.8. The number of carbonyl (C=O) groups is 1. The summed E-state index contributed by atoms with van der Waals surface area (Å²) >= 11 is 0. The van der Waals surface area contributed by atoms with Crippen LogP contribution in [0.4, 0.5) is 0 Å². The number of carbonyl (C=O) groups excluding carboxylic acids is 1. The number of aliphatic hydroxyl groups is 1. The zero-order valence-corrected chi connectivity index (χ0v) is 12.4. The van der Waals surface area contributed by atoms with Gasteiger partial charge in [-0.15, -0.1) is 0 Å². The lowest BCUT2D eigenvalue weighted by Gasteiger charge is -2.46. The molecule has 0 spiro atoms. The van der Waals surface area contributed by atoms with Gasteiger partial charge in [-0.3, -0.25) is 4.79 Å². The topological polar surface area (TPSA) is 49.8 Å². The maximum atomic E-state index is 12.2. The summed E-state index contributed by atoms with van der Waals surface area (Å²) in [5, 5.41) is 9.94. The summed E-state index contributed by atoms with van der Waals surface area (Å²) < 4.78 is 5.52. The van der Waals surface area contributed by atoms with Crippen molar-refractivity contribution in [1.82, 2.24) is 4.90 Å². The Labute approximate surface area is 120 Å². The molecular weight excluding hydrogens is 254 g/mol. The van der Waals surface area contributed by atoms with Crippen LogP contribution < -0.4 is 0 Å². The second-order valence-corrected chi connectivity index (χ2v) is 5.80. The van der Waals surface area contributed by atoms with E-state index in [2.05, 4.69) is 0 Å². The fourth-order valence-corrected chi connectivity index (χ4v) is 2.22. The lowest BCUT2D eigenvalue weighted by molar-refractivity contribution is -0.0826. The normalized spacial score (nSPS) is 17.1. The highest BCUT2D eigenvalue weighted by atomic mass is 16.5. The molecule has 1 aliphatic rings.